The van der Waals surface area contributed by atoms with E-state index in [0.29, 0.717) is 18.4 Å². The van der Waals surface area contributed by atoms with E-state index < -0.39 is 5.60 Å². The standard InChI is InChI=1S/C14H13NO2S/c16-13-14(17,7-5-10-6-8-18-9-10)11-3-1-2-4-12(11)15-13/h1-4,6,8-9,17H,5,7H2,(H,15,16). The molecule has 0 bridgehead atoms. The minimum Gasteiger partial charge on any atom is -0.375 e. The number of nitrogens with one attached hydrogen (secondary N) is 1. The highest BCUT2D eigenvalue weighted by molar-refractivity contribution is 7.07. The number of benzene rings is 1. The third-order valence-electron chi connectivity index (χ3n) is 3.35. The SMILES string of the molecule is O=C1Nc2ccccc2C1(O)CCc1ccsc1. The zero-order chi connectivity index (χ0) is 12.6. The maximum absolute atomic E-state index is 12.0. The summed E-state index contributed by atoms with van der Waals surface area (Å²) in [5.41, 5.74) is 1.17. The van der Waals surface area contributed by atoms with Crippen molar-refractivity contribution in [3.8, 4) is 0 Å². The summed E-state index contributed by atoms with van der Waals surface area (Å²) in [6.45, 7) is 0. The Labute approximate surface area is 109 Å². The maximum atomic E-state index is 12.0. The number of anilines is 1. The number of thiophene rings is 1. The van der Waals surface area contributed by atoms with E-state index in [1.54, 1.807) is 17.4 Å². The van der Waals surface area contributed by atoms with E-state index in [0.717, 1.165) is 11.3 Å². The molecule has 1 aliphatic heterocycles. The largest absolute Gasteiger partial charge is 0.375 e. The topological polar surface area (TPSA) is 49.3 Å². The van der Waals surface area contributed by atoms with Gasteiger partial charge in [0, 0.05) is 11.3 Å². The molecule has 18 heavy (non-hydrogen) atoms. The van der Waals surface area contributed by atoms with Gasteiger partial charge in [-0.2, -0.15) is 11.3 Å². The van der Waals surface area contributed by atoms with Gasteiger partial charge in [0.15, 0.2) is 5.60 Å². The molecule has 0 fully saturated rings. The molecule has 2 heterocycles. The van der Waals surface area contributed by atoms with E-state index in [2.05, 4.69) is 5.32 Å². The van der Waals surface area contributed by atoms with Crippen molar-refractivity contribution < 1.29 is 9.90 Å². The van der Waals surface area contributed by atoms with Crippen molar-refractivity contribution in [3.05, 3.63) is 52.2 Å². The van der Waals surface area contributed by atoms with Crippen LogP contribution in [0.1, 0.15) is 17.5 Å². The fourth-order valence-electron chi connectivity index (χ4n) is 2.31. The summed E-state index contributed by atoms with van der Waals surface area (Å²) in [7, 11) is 0. The van der Waals surface area contributed by atoms with Gasteiger partial charge in [-0.25, -0.2) is 0 Å². The molecule has 1 amide bonds. The van der Waals surface area contributed by atoms with Gasteiger partial charge >= 0.3 is 0 Å². The van der Waals surface area contributed by atoms with Gasteiger partial charge in [0.05, 0.1) is 0 Å². The molecule has 2 aromatic rings. The molecule has 1 aromatic heterocycles. The molecule has 3 nitrogen and oxygen atoms in total. The van der Waals surface area contributed by atoms with Crippen LogP contribution in [0.3, 0.4) is 0 Å². The van der Waals surface area contributed by atoms with Crippen molar-refractivity contribution >= 4 is 22.9 Å². The summed E-state index contributed by atoms with van der Waals surface area (Å²) in [6.07, 6.45) is 1.11. The quantitative estimate of drug-likeness (QED) is 0.890. The number of hydrogen-bond donors (Lipinski definition) is 2. The van der Waals surface area contributed by atoms with E-state index in [4.69, 9.17) is 0 Å². The highest BCUT2D eigenvalue weighted by Crippen LogP contribution is 2.38. The summed E-state index contributed by atoms with van der Waals surface area (Å²) >= 11 is 1.63. The zero-order valence-corrected chi connectivity index (χ0v) is 10.5. The van der Waals surface area contributed by atoms with Crippen molar-refractivity contribution in [1.82, 2.24) is 0 Å². The Kier molecular flexibility index (Phi) is 2.69. The average Bonchev–Trinajstić information content (AvgIpc) is 2.96. The van der Waals surface area contributed by atoms with Crippen LogP contribution in [0, 0.1) is 0 Å². The number of aryl methyl sites for hydroxylation is 1. The number of aliphatic hydroxyl groups is 1. The summed E-state index contributed by atoms with van der Waals surface area (Å²) in [5, 5.41) is 17.4. The summed E-state index contributed by atoms with van der Waals surface area (Å²) in [4.78, 5) is 12.0. The van der Waals surface area contributed by atoms with Crippen molar-refractivity contribution in [2.75, 3.05) is 5.32 Å². The second-order valence-corrected chi connectivity index (χ2v) is 5.27. The molecule has 2 N–H and O–H groups in total. The molecular formula is C14H13NO2S. The Morgan fingerprint density at radius 1 is 1.28 bits per heavy atom. The van der Waals surface area contributed by atoms with Crippen LogP contribution in [0.15, 0.2) is 41.1 Å². The Hall–Kier alpha value is -1.65. The molecule has 3 rings (SSSR count). The van der Waals surface area contributed by atoms with Gasteiger partial charge in [0.25, 0.3) is 5.91 Å². The summed E-state index contributed by atoms with van der Waals surface area (Å²) < 4.78 is 0. The van der Waals surface area contributed by atoms with Crippen LogP contribution in [0.5, 0.6) is 0 Å². The maximum Gasteiger partial charge on any atom is 0.261 e. The Morgan fingerprint density at radius 3 is 2.89 bits per heavy atom. The number of para-hydroxylation sites is 1. The first-order chi connectivity index (χ1) is 8.70. The van der Waals surface area contributed by atoms with Crippen LogP contribution in [0.2, 0.25) is 0 Å². The van der Waals surface area contributed by atoms with Gasteiger partial charge in [-0.1, -0.05) is 18.2 Å². The van der Waals surface area contributed by atoms with Gasteiger partial charge in [-0.05, 0) is 41.3 Å². The molecule has 92 valence electrons. The number of rotatable bonds is 3. The molecule has 0 spiro atoms. The molecule has 4 heteroatoms. The zero-order valence-electron chi connectivity index (χ0n) is 9.72. The lowest BCUT2D eigenvalue weighted by Gasteiger charge is -2.20. The average molecular weight is 259 g/mol. The monoisotopic (exact) mass is 259 g/mol. The summed E-state index contributed by atoms with van der Waals surface area (Å²) in [5.74, 6) is -0.320. The minimum absolute atomic E-state index is 0.320. The third kappa shape index (κ3) is 1.74. The van der Waals surface area contributed by atoms with Crippen LogP contribution in [-0.2, 0) is 16.8 Å². The van der Waals surface area contributed by atoms with Crippen LogP contribution < -0.4 is 5.32 Å². The van der Waals surface area contributed by atoms with Crippen LogP contribution in [0.25, 0.3) is 0 Å². The normalized spacial score (nSPS) is 21.7. The molecule has 0 saturated carbocycles. The molecule has 1 unspecified atom stereocenters. The highest BCUT2D eigenvalue weighted by atomic mass is 32.1. The van der Waals surface area contributed by atoms with Crippen LogP contribution in [0.4, 0.5) is 5.69 Å². The smallest absolute Gasteiger partial charge is 0.261 e. The first-order valence-corrected chi connectivity index (χ1v) is 6.79. The Morgan fingerprint density at radius 2 is 2.11 bits per heavy atom. The van der Waals surface area contributed by atoms with E-state index in [1.165, 1.54) is 0 Å². The van der Waals surface area contributed by atoms with Gasteiger partial charge in [0.2, 0.25) is 0 Å². The van der Waals surface area contributed by atoms with E-state index in [9.17, 15) is 9.90 Å². The fourth-order valence-corrected chi connectivity index (χ4v) is 3.01. The number of amides is 1. The second kappa shape index (κ2) is 4.23. The number of carbonyl (C=O) groups excluding carboxylic acids is 1. The predicted octanol–water partition coefficient (Wildman–Crippen LogP) is 2.52. The third-order valence-corrected chi connectivity index (χ3v) is 4.08. The summed E-state index contributed by atoms with van der Waals surface area (Å²) in [6, 6.07) is 9.34. The van der Waals surface area contributed by atoms with Crippen molar-refractivity contribution in [3.63, 3.8) is 0 Å². The van der Waals surface area contributed by atoms with Crippen LogP contribution in [-0.4, -0.2) is 11.0 Å². The lowest BCUT2D eigenvalue weighted by molar-refractivity contribution is -0.134. The molecule has 1 atom stereocenters. The van der Waals surface area contributed by atoms with Crippen molar-refractivity contribution in [2.24, 2.45) is 0 Å². The molecule has 0 saturated heterocycles. The van der Waals surface area contributed by atoms with E-state index in [-0.39, 0.29) is 5.91 Å². The Bertz CT molecular complexity index is 579. The predicted molar refractivity (Wildman–Crippen MR) is 71.6 cm³/mol. The fraction of sp³-hybridized carbons (Fsp3) is 0.214. The van der Waals surface area contributed by atoms with Crippen molar-refractivity contribution in [1.29, 1.82) is 0 Å². The lowest BCUT2D eigenvalue weighted by atomic mass is 9.89. The van der Waals surface area contributed by atoms with Gasteiger partial charge in [-0.15, -0.1) is 0 Å². The van der Waals surface area contributed by atoms with Crippen molar-refractivity contribution in [2.45, 2.75) is 18.4 Å². The number of carbonyl (C=O) groups is 1. The van der Waals surface area contributed by atoms with Gasteiger partial charge in [0.1, 0.15) is 0 Å². The van der Waals surface area contributed by atoms with E-state index in [1.807, 2.05) is 35.0 Å². The Balaban J connectivity index is 1.87. The minimum atomic E-state index is -1.39. The number of fused-ring (bicyclic) bond motifs is 1. The van der Waals surface area contributed by atoms with Gasteiger partial charge < -0.3 is 10.4 Å². The van der Waals surface area contributed by atoms with Gasteiger partial charge in [-0.3, -0.25) is 4.79 Å². The molecular weight excluding hydrogens is 246 g/mol. The molecule has 1 aromatic carbocycles. The molecule has 0 aliphatic carbocycles. The second-order valence-electron chi connectivity index (χ2n) is 4.49. The first kappa shape index (κ1) is 11.4. The molecule has 0 radical (unpaired) electrons. The van der Waals surface area contributed by atoms with E-state index >= 15 is 0 Å². The number of hydrogen-bond acceptors (Lipinski definition) is 3. The van der Waals surface area contributed by atoms with Crippen LogP contribution >= 0.6 is 11.3 Å². The first-order valence-electron chi connectivity index (χ1n) is 5.84. The lowest BCUT2D eigenvalue weighted by Crippen LogP contribution is -2.34. The molecule has 1 aliphatic rings. The highest BCUT2D eigenvalue weighted by Gasteiger charge is 2.44.